The number of fused-ring (bicyclic) bond motifs is 1. The third-order valence-corrected chi connectivity index (χ3v) is 3.97. The Morgan fingerprint density at radius 2 is 2.15 bits per heavy atom. The van der Waals surface area contributed by atoms with Gasteiger partial charge in [-0.05, 0) is 44.7 Å². The van der Waals surface area contributed by atoms with Crippen LogP contribution in [0.2, 0.25) is 0 Å². The third-order valence-electron chi connectivity index (χ3n) is 3.97. The monoisotopic (exact) mass is 276 g/mol. The van der Waals surface area contributed by atoms with Crippen molar-refractivity contribution in [3.8, 4) is 0 Å². The highest BCUT2D eigenvalue weighted by Crippen LogP contribution is 2.37. The molecule has 0 radical (unpaired) electrons. The molecule has 0 saturated heterocycles. The second-order valence-corrected chi connectivity index (χ2v) is 5.23. The van der Waals surface area contributed by atoms with Crippen molar-refractivity contribution in [1.82, 2.24) is 0 Å². The number of ether oxygens (including phenoxy) is 1. The van der Waals surface area contributed by atoms with Crippen LogP contribution in [0.15, 0.2) is 28.7 Å². The highest BCUT2D eigenvalue weighted by Gasteiger charge is 2.43. The Hall–Kier alpha value is -1.68. The number of rotatable bonds is 4. The van der Waals surface area contributed by atoms with Crippen LogP contribution in [-0.2, 0) is 4.74 Å². The largest absolute Gasteiger partial charge is 0.450 e. The zero-order chi connectivity index (χ0) is 14.2. The Labute approximate surface area is 116 Å². The first-order valence-corrected chi connectivity index (χ1v) is 7.03. The van der Waals surface area contributed by atoms with E-state index in [2.05, 4.69) is 0 Å². The van der Waals surface area contributed by atoms with Gasteiger partial charge in [0, 0.05) is 12.0 Å². The van der Waals surface area contributed by atoms with Crippen LogP contribution in [0.1, 0.15) is 43.2 Å². The summed E-state index contributed by atoms with van der Waals surface area (Å²) >= 11 is 0. The molecule has 0 atom stereocenters. The lowest BCUT2D eigenvalue weighted by Gasteiger charge is -2.26. The zero-order valence-corrected chi connectivity index (χ0v) is 11.4. The number of carbonyl (C=O) groups excluding carboxylic acids is 1. The van der Waals surface area contributed by atoms with Gasteiger partial charge < -0.3 is 9.15 Å². The average Bonchev–Trinajstić information content (AvgIpc) is 3.06. The second-order valence-electron chi connectivity index (χ2n) is 5.23. The lowest BCUT2D eigenvalue weighted by molar-refractivity contribution is -0.0180. The second kappa shape index (κ2) is 5.02. The molecule has 1 aromatic heterocycles. The molecule has 20 heavy (non-hydrogen) atoms. The maximum atomic E-state index is 13.6. The van der Waals surface area contributed by atoms with Crippen molar-refractivity contribution in [3.63, 3.8) is 0 Å². The van der Waals surface area contributed by atoms with Crippen LogP contribution < -0.4 is 0 Å². The van der Waals surface area contributed by atoms with E-state index >= 15 is 0 Å². The van der Waals surface area contributed by atoms with Crippen LogP contribution in [0.25, 0.3) is 11.0 Å². The number of ketones is 1. The molecule has 3 nitrogen and oxygen atoms in total. The van der Waals surface area contributed by atoms with Crippen molar-refractivity contribution in [1.29, 1.82) is 0 Å². The number of para-hydroxylation sites is 1. The third kappa shape index (κ3) is 2.04. The van der Waals surface area contributed by atoms with Gasteiger partial charge in [-0.1, -0.05) is 12.1 Å². The predicted molar refractivity (Wildman–Crippen MR) is 73.3 cm³/mol. The summed E-state index contributed by atoms with van der Waals surface area (Å²) in [5, 5.41) is 0.609. The van der Waals surface area contributed by atoms with E-state index < -0.39 is 11.4 Å². The van der Waals surface area contributed by atoms with E-state index in [0.29, 0.717) is 24.8 Å². The fourth-order valence-electron chi connectivity index (χ4n) is 3.02. The number of benzene rings is 1. The minimum Gasteiger partial charge on any atom is -0.450 e. The van der Waals surface area contributed by atoms with Gasteiger partial charge in [-0.3, -0.25) is 4.79 Å². The van der Waals surface area contributed by atoms with Crippen molar-refractivity contribution in [3.05, 3.63) is 35.8 Å². The molecule has 0 N–H and O–H groups in total. The molecule has 106 valence electrons. The zero-order valence-electron chi connectivity index (χ0n) is 11.4. The number of Topliss-reactive ketones (excluding diaryl/α,β-unsaturated/α-hetero) is 1. The molecule has 1 heterocycles. The maximum Gasteiger partial charge on any atom is 0.229 e. The molecule has 1 aromatic carbocycles. The van der Waals surface area contributed by atoms with E-state index in [1.165, 1.54) is 6.07 Å². The summed E-state index contributed by atoms with van der Waals surface area (Å²) < 4.78 is 24.8. The lowest BCUT2D eigenvalue weighted by atomic mass is 9.94. The van der Waals surface area contributed by atoms with Crippen LogP contribution in [0.3, 0.4) is 0 Å². The number of hydrogen-bond acceptors (Lipinski definition) is 3. The van der Waals surface area contributed by atoms with Gasteiger partial charge >= 0.3 is 0 Å². The van der Waals surface area contributed by atoms with E-state index in [1.807, 2.05) is 6.92 Å². The molecule has 0 bridgehead atoms. The van der Waals surface area contributed by atoms with Gasteiger partial charge in [-0.25, -0.2) is 4.39 Å². The molecule has 1 saturated carbocycles. The molecular formula is C16H17FO3. The van der Waals surface area contributed by atoms with Crippen LogP contribution in [-0.4, -0.2) is 18.0 Å². The highest BCUT2D eigenvalue weighted by atomic mass is 19.1. The molecule has 0 amide bonds. The molecule has 1 aliphatic rings. The smallest absolute Gasteiger partial charge is 0.229 e. The van der Waals surface area contributed by atoms with Gasteiger partial charge in [-0.2, -0.15) is 0 Å². The van der Waals surface area contributed by atoms with Crippen molar-refractivity contribution < 1.29 is 18.3 Å². The van der Waals surface area contributed by atoms with Gasteiger partial charge in [0.1, 0.15) is 5.60 Å². The lowest BCUT2D eigenvalue weighted by Crippen LogP contribution is -2.38. The van der Waals surface area contributed by atoms with Crippen molar-refractivity contribution in [2.45, 2.75) is 38.2 Å². The van der Waals surface area contributed by atoms with E-state index in [1.54, 1.807) is 18.2 Å². The molecule has 4 heteroatoms. The van der Waals surface area contributed by atoms with Crippen molar-refractivity contribution >= 4 is 16.8 Å². The summed E-state index contributed by atoms with van der Waals surface area (Å²) in [6.45, 7) is 2.37. The number of furan rings is 1. The topological polar surface area (TPSA) is 39.4 Å². The summed E-state index contributed by atoms with van der Waals surface area (Å²) in [4.78, 5) is 12.7. The predicted octanol–water partition coefficient (Wildman–Crippen LogP) is 4.10. The van der Waals surface area contributed by atoms with Crippen molar-refractivity contribution in [2.24, 2.45) is 0 Å². The van der Waals surface area contributed by atoms with Gasteiger partial charge in [0.2, 0.25) is 5.78 Å². The molecule has 0 unspecified atom stereocenters. The van der Waals surface area contributed by atoms with E-state index in [4.69, 9.17) is 9.15 Å². The Kier molecular flexibility index (Phi) is 3.34. The molecule has 1 fully saturated rings. The van der Waals surface area contributed by atoms with Crippen LogP contribution >= 0.6 is 0 Å². The summed E-state index contributed by atoms with van der Waals surface area (Å²) in [7, 11) is 0. The van der Waals surface area contributed by atoms with Gasteiger partial charge in [0.05, 0.1) is 0 Å². The first kappa shape index (κ1) is 13.3. The Morgan fingerprint density at radius 3 is 2.80 bits per heavy atom. The summed E-state index contributed by atoms with van der Waals surface area (Å²) in [5.74, 6) is -0.411. The first-order valence-electron chi connectivity index (χ1n) is 7.03. The number of halogens is 1. The molecule has 0 aliphatic heterocycles. The summed E-state index contributed by atoms with van der Waals surface area (Å²) in [6.07, 6.45) is 3.36. The first-order chi connectivity index (χ1) is 9.66. The maximum absolute atomic E-state index is 13.6. The Balaban J connectivity index is 2.01. The average molecular weight is 276 g/mol. The molecule has 2 aromatic rings. The van der Waals surface area contributed by atoms with Gasteiger partial charge in [-0.15, -0.1) is 0 Å². The van der Waals surface area contributed by atoms with Crippen molar-refractivity contribution in [2.75, 3.05) is 6.61 Å². The van der Waals surface area contributed by atoms with Gasteiger partial charge in [0.15, 0.2) is 17.2 Å². The Morgan fingerprint density at radius 1 is 1.40 bits per heavy atom. The fourth-order valence-corrected chi connectivity index (χ4v) is 3.02. The molecular weight excluding hydrogens is 259 g/mol. The molecule has 0 spiro atoms. The number of hydrogen-bond donors (Lipinski definition) is 0. The minimum atomic E-state index is -0.779. The SMILES string of the molecule is CCOC1(C(=O)c2cc3cccc(F)c3o2)CCCC1. The Bertz CT molecular complexity index is 638. The van der Waals surface area contributed by atoms with E-state index in [-0.39, 0.29) is 17.1 Å². The van der Waals surface area contributed by atoms with E-state index in [0.717, 1.165) is 12.8 Å². The van der Waals surface area contributed by atoms with Gasteiger partial charge in [0.25, 0.3) is 0 Å². The summed E-state index contributed by atoms with van der Waals surface area (Å²) in [6, 6.07) is 6.28. The quantitative estimate of drug-likeness (QED) is 0.789. The fraction of sp³-hybridized carbons (Fsp3) is 0.438. The minimum absolute atomic E-state index is 0.139. The number of carbonyl (C=O) groups is 1. The van der Waals surface area contributed by atoms with Crippen LogP contribution in [0.5, 0.6) is 0 Å². The standard InChI is InChI=1S/C16H17FO3/c1-2-19-16(8-3-4-9-16)15(18)13-10-11-6-5-7-12(17)14(11)20-13/h5-7,10H,2-4,8-9H2,1H3. The molecule has 1 aliphatic carbocycles. The van der Waals surface area contributed by atoms with E-state index in [9.17, 15) is 9.18 Å². The highest BCUT2D eigenvalue weighted by molar-refractivity contribution is 6.03. The summed E-state index contributed by atoms with van der Waals surface area (Å²) in [5.41, 5.74) is -0.639. The van der Waals surface area contributed by atoms with Crippen LogP contribution in [0, 0.1) is 5.82 Å². The molecule has 3 rings (SSSR count). The van der Waals surface area contributed by atoms with Crippen LogP contribution in [0.4, 0.5) is 4.39 Å². The normalized spacial score (nSPS) is 17.7.